The largest absolute Gasteiger partial charge is 0.497 e. The molecule has 0 atom stereocenters. The topological polar surface area (TPSA) is 30.5 Å². The maximum atomic E-state index is 5.50. The first-order valence-electron chi connectivity index (χ1n) is 8.74. The summed E-state index contributed by atoms with van der Waals surface area (Å²) in [6, 6.07) is 17.0. The molecule has 1 aliphatic rings. The van der Waals surface area contributed by atoms with Gasteiger partial charge in [0, 0.05) is 30.1 Å². The van der Waals surface area contributed by atoms with E-state index in [0.29, 0.717) is 0 Å². The molecule has 0 radical (unpaired) electrons. The van der Waals surface area contributed by atoms with Gasteiger partial charge in [0.2, 0.25) is 0 Å². The van der Waals surface area contributed by atoms with Crippen molar-refractivity contribution in [1.29, 1.82) is 0 Å². The molecule has 0 saturated heterocycles. The van der Waals surface area contributed by atoms with Crippen molar-refractivity contribution in [3.05, 3.63) is 59.7 Å². The zero-order valence-electron chi connectivity index (χ0n) is 14.7. The quantitative estimate of drug-likeness (QED) is 0.823. The lowest BCUT2D eigenvalue weighted by Gasteiger charge is -2.30. The molecule has 1 saturated carbocycles. The summed E-state index contributed by atoms with van der Waals surface area (Å²) in [5.74, 6) is 1.70. The summed E-state index contributed by atoms with van der Waals surface area (Å²) in [6.45, 7) is 1.81. The van der Waals surface area contributed by atoms with Gasteiger partial charge in [-0.1, -0.05) is 49.2 Å². The van der Waals surface area contributed by atoms with Gasteiger partial charge in [-0.15, -0.1) is 0 Å². The number of rotatable bonds is 7. The molecule has 0 spiro atoms. The Kier molecular flexibility index (Phi) is 5.41. The number of nitrogens with one attached hydrogen (secondary N) is 1. The van der Waals surface area contributed by atoms with Crippen LogP contribution >= 0.6 is 0 Å². The lowest BCUT2D eigenvalue weighted by atomic mass is 9.79. The minimum atomic E-state index is 0.279. The molecule has 1 N–H and O–H groups in total. The predicted molar refractivity (Wildman–Crippen MR) is 97.8 cm³/mol. The van der Waals surface area contributed by atoms with Gasteiger partial charge in [0.05, 0.1) is 14.2 Å². The van der Waals surface area contributed by atoms with E-state index in [2.05, 4.69) is 41.7 Å². The van der Waals surface area contributed by atoms with E-state index in [4.69, 9.17) is 9.47 Å². The number of benzene rings is 2. The molecule has 0 heterocycles. The summed E-state index contributed by atoms with van der Waals surface area (Å²) < 4.78 is 10.8. The third kappa shape index (κ3) is 3.57. The van der Waals surface area contributed by atoms with Crippen molar-refractivity contribution in [2.24, 2.45) is 0 Å². The fourth-order valence-electron chi connectivity index (χ4n) is 3.85. The van der Waals surface area contributed by atoms with Gasteiger partial charge < -0.3 is 14.8 Å². The van der Waals surface area contributed by atoms with Crippen LogP contribution in [0.25, 0.3) is 0 Å². The van der Waals surface area contributed by atoms with Gasteiger partial charge >= 0.3 is 0 Å². The molecule has 0 amide bonds. The van der Waals surface area contributed by atoms with Crippen molar-refractivity contribution in [3.63, 3.8) is 0 Å². The average molecular weight is 325 g/mol. The lowest BCUT2D eigenvalue weighted by Crippen LogP contribution is -2.35. The zero-order valence-corrected chi connectivity index (χ0v) is 14.7. The molecule has 0 unspecified atom stereocenters. The van der Waals surface area contributed by atoms with Crippen molar-refractivity contribution >= 4 is 0 Å². The summed E-state index contributed by atoms with van der Waals surface area (Å²) in [6.07, 6.45) is 5.18. The standard InChI is InChI=1S/C21H27NO2/c1-23-19-11-10-17(20(14-19)24-2)15-22-16-21(12-6-7-13-21)18-8-4-3-5-9-18/h3-5,8-11,14,22H,6-7,12-13,15-16H2,1-2H3. The maximum Gasteiger partial charge on any atom is 0.127 e. The Hall–Kier alpha value is -2.00. The van der Waals surface area contributed by atoms with Crippen molar-refractivity contribution in [1.82, 2.24) is 5.32 Å². The zero-order chi connectivity index (χ0) is 16.8. The lowest BCUT2D eigenvalue weighted by molar-refractivity contribution is 0.382. The molecule has 128 valence electrons. The van der Waals surface area contributed by atoms with Crippen LogP contribution in [-0.2, 0) is 12.0 Å². The van der Waals surface area contributed by atoms with Crippen LogP contribution in [0.3, 0.4) is 0 Å². The molecule has 3 heteroatoms. The van der Waals surface area contributed by atoms with Gasteiger partial charge in [-0.2, -0.15) is 0 Å². The van der Waals surface area contributed by atoms with Crippen molar-refractivity contribution < 1.29 is 9.47 Å². The third-order valence-corrected chi connectivity index (χ3v) is 5.22. The van der Waals surface area contributed by atoms with Crippen LogP contribution in [0.5, 0.6) is 11.5 Å². The Balaban J connectivity index is 1.68. The SMILES string of the molecule is COc1ccc(CNCC2(c3ccccc3)CCCC2)c(OC)c1. The first-order chi connectivity index (χ1) is 11.8. The minimum absolute atomic E-state index is 0.279. The molecule has 1 aliphatic carbocycles. The molecule has 3 nitrogen and oxygen atoms in total. The van der Waals surface area contributed by atoms with E-state index in [1.807, 2.05) is 12.1 Å². The fraction of sp³-hybridized carbons (Fsp3) is 0.429. The molecule has 0 aromatic heterocycles. The van der Waals surface area contributed by atoms with Gasteiger partial charge in [0.15, 0.2) is 0 Å². The Bertz CT molecular complexity index is 648. The van der Waals surface area contributed by atoms with Gasteiger partial charge in [-0.25, -0.2) is 0 Å². The normalized spacial score (nSPS) is 16.1. The highest BCUT2D eigenvalue weighted by molar-refractivity contribution is 5.40. The first kappa shape index (κ1) is 16.8. The highest BCUT2D eigenvalue weighted by Crippen LogP contribution is 2.40. The van der Waals surface area contributed by atoms with Crippen LogP contribution in [0, 0.1) is 0 Å². The Morgan fingerprint density at radius 3 is 2.38 bits per heavy atom. The molecule has 2 aromatic rings. The van der Waals surface area contributed by atoms with E-state index in [0.717, 1.165) is 24.6 Å². The Labute approximate surface area is 145 Å². The summed E-state index contributed by atoms with van der Waals surface area (Å²) in [4.78, 5) is 0. The number of hydrogen-bond acceptors (Lipinski definition) is 3. The van der Waals surface area contributed by atoms with E-state index in [1.54, 1.807) is 14.2 Å². The van der Waals surface area contributed by atoms with Crippen LogP contribution < -0.4 is 14.8 Å². The molecule has 24 heavy (non-hydrogen) atoms. The molecule has 1 fully saturated rings. The van der Waals surface area contributed by atoms with E-state index >= 15 is 0 Å². The van der Waals surface area contributed by atoms with E-state index in [9.17, 15) is 0 Å². The highest BCUT2D eigenvalue weighted by Gasteiger charge is 2.34. The third-order valence-electron chi connectivity index (χ3n) is 5.22. The Morgan fingerprint density at radius 1 is 0.958 bits per heavy atom. The maximum absolute atomic E-state index is 5.50. The number of hydrogen-bond donors (Lipinski definition) is 1. The van der Waals surface area contributed by atoms with Crippen molar-refractivity contribution in [2.45, 2.75) is 37.6 Å². The van der Waals surface area contributed by atoms with E-state index in [1.165, 1.54) is 36.8 Å². The first-order valence-corrected chi connectivity index (χ1v) is 8.74. The van der Waals surface area contributed by atoms with E-state index < -0.39 is 0 Å². The van der Waals surface area contributed by atoms with Crippen LogP contribution in [0.4, 0.5) is 0 Å². The summed E-state index contributed by atoms with van der Waals surface area (Å²) in [5.41, 5.74) is 2.91. The van der Waals surface area contributed by atoms with Crippen LogP contribution in [-0.4, -0.2) is 20.8 Å². The summed E-state index contributed by atoms with van der Waals surface area (Å²) in [7, 11) is 3.39. The Morgan fingerprint density at radius 2 is 1.71 bits per heavy atom. The van der Waals surface area contributed by atoms with Crippen LogP contribution in [0.15, 0.2) is 48.5 Å². The summed E-state index contributed by atoms with van der Waals surface area (Å²) in [5, 5.41) is 3.67. The van der Waals surface area contributed by atoms with Crippen molar-refractivity contribution in [3.8, 4) is 11.5 Å². The smallest absolute Gasteiger partial charge is 0.127 e. The molecule has 0 bridgehead atoms. The van der Waals surface area contributed by atoms with Gasteiger partial charge in [-0.3, -0.25) is 0 Å². The van der Waals surface area contributed by atoms with E-state index in [-0.39, 0.29) is 5.41 Å². The number of ether oxygens (including phenoxy) is 2. The molecule has 3 rings (SSSR count). The molecular formula is C21H27NO2. The number of methoxy groups -OCH3 is 2. The average Bonchev–Trinajstić information content (AvgIpc) is 3.12. The van der Waals surface area contributed by atoms with Gasteiger partial charge in [0.1, 0.15) is 11.5 Å². The van der Waals surface area contributed by atoms with Gasteiger partial charge in [-0.05, 0) is 24.5 Å². The fourth-order valence-corrected chi connectivity index (χ4v) is 3.85. The molecule has 0 aliphatic heterocycles. The highest BCUT2D eigenvalue weighted by atomic mass is 16.5. The second-order valence-corrected chi connectivity index (χ2v) is 6.63. The van der Waals surface area contributed by atoms with Crippen LogP contribution in [0.1, 0.15) is 36.8 Å². The van der Waals surface area contributed by atoms with Crippen LogP contribution in [0.2, 0.25) is 0 Å². The molecular weight excluding hydrogens is 298 g/mol. The molecule has 2 aromatic carbocycles. The predicted octanol–water partition coefficient (Wildman–Crippen LogP) is 4.31. The monoisotopic (exact) mass is 325 g/mol. The van der Waals surface area contributed by atoms with Crippen molar-refractivity contribution in [2.75, 3.05) is 20.8 Å². The second kappa shape index (κ2) is 7.71. The minimum Gasteiger partial charge on any atom is -0.497 e. The van der Waals surface area contributed by atoms with Gasteiger partial charge in [0.25, 0.3) is 0 Å². The summed E-state index contributed by atoms with van der Waals surface area (Å²) >= 11 is 0. The second-order valence-electron chi connectivity index (χ2n) is 6.63.